The van der Waals surface area contributed by atoms with Gasteiger partial charge in [0, 0.05) is 32.4 Å². The number of piperazine rings is 1. The second-order valence-electron chi connectivity index (χ2n) is 4.75. The smallest absolute Gasteiger partial charge is 0.178 e. The number of likely N-dealkylation sites (N-methyl/N-ethyl adjacent to an activating group) is 1. The first kappa shape index (κ1) is 12.4. The van der Waals surface area contributed by atoms with Gasteiger partial charge in [-0.15, -0.1) is 0 Å². The average molecular weight is 279 g/mol. The van der Waals surface area contributed by atoms with Crippen LogP contribution < -0.4 is 10.4 Å². The molecule has 1 saturated heterocycles. The summed E-state index contributed by atoms with van der Waals surface area (Å²) in [6.07, 6.45) is 1.57. The highest BCUT2D eigenvalue weighted by atomic mass is 35.5. The first-order chi connectivity index (χ1) is 9.13. The van der Waals surface area contributed by atoms with Crippen molar-refractivity contribution in [3.05, 3.63) is 22.8 Å². The van der Waals surface area contributed by atoms with Crippen molar-refractivity contribution < 1.29 is 0 Å². The molecule has 0 spiro atoms. The largest absolute Gasteiger partial charge is 0.351 e. The van der Waals surface area contributed by atoms with Crippen molar-refractivity contribution in [2.45, 2.75) is 0 Å². The third-order valence-corrected chi connectivity index (χ3v) is 3.54. The van der Waals surface area contributed by atoms with E-state index in [0.717, 1.165) is 26.2 Å². The van der Waals surface area contributed by atoms with Crippen LogP contribution in [0.1, 0.15) is 0 Å². The molecule has 0 aromatic carbocycles. The second-order valence-corrected chi connectivity index (χ2v) is 5.19. The molecule has 6 nitrogen and oxygen atoms in total. The van der Waals surface area contributed by atoms with E-state index >= 15 is 0 Å². The van der Waals surface area contributed by atoms with Crippen LogP contribution in [0.2, 0.25) is 5.02 Å². The van der Waals surface area contributed by atoms with Gasteiger partial charge in [0.15, 0.2) is 17.0 Å². The minimum Gasteiger partial charge on any atom is -0.351 e. The maximum Gasteiger partial charge on any atom is 0.178 e. The monoisotopic (exact) mass is 278 g/mol. The summed E-state index contributed by atoms with van der Waals surface area (Å²) in [6.45, 7) is 3.71. The van der Waals surface area contributed by atoms with Gasteiger partial charge in [-0.05, 0) is 13.1 Å². The van der Waals surface area contributed by atoms with Crippen molar-refractivity contribution in [3.63, 3.8) is 0 Å². The van der Waals surface area contributed by atoms with E-state index in [1.807, 2.05) is 0 Å². The average Bonchev–Trinajstić information content (AvgIpc) is 2.39. The first-order valence-electron chi connectivity index (χ1n) is 6.17. The van der Waals surface area contributed by atoms with Crippen molar-refractivity contribution in [1.29, 1.82) is 5.41 Å². The van der Waals surface area contributed by atoms with E-state index in [4.69, 9.17) is 17.0 Å². The number of fused-ring (bicyclic) bond motifs is 1. The summed E-state index contributed by atoms with van der Waals surface area (Å²) in [5.41, 5.74) is 1.59. The number of hydrogen-bond donors (Lipinski definition) is 2. The number of aromatic amines is 1. The number of pyridine rings is 1. The highest BCUT2D eigenvalue weighted by molar-refractivity contribution is 6.30. The predicted molar refractivity (Wildman–Crippen MR) is 74.5 cm³/mol. The van der Waals surface area contributed by atoms with Crippen LogP contribution in [0, 0.1) is 5.41 Å². The summed E-state index contributed by atoms with van der Waals surface area (Å²) in [7, 11) is 2.10. The van der Waals surface area contributed by atoms with Gasteiger partial charge in [0.1, 0.15) is 0 Å². The van der Waals surface area contributed by atoms with Gasteiger partial charge < -0.3 is 14.8 Å². The fraction of sp³-hybridized carbons (Fsp3) is 0.417. The molecule has 2 aromatic rings. The molecular weight excluding hydrogens is 264 g/mol. The molecule has 0 amide bonds. The number of nitrogens with zero attached hydrogens (tertiary/aromatic N) is 4. The van der Waals surface area contributed by atoms with Crippen molar-refractivity contribution in [2.75, 3.05) is 38.1 Å². The molecule has 100 valence electrons. The highest BCUT2D eigenvalue weighted by Crippen LogP contribution is 2.15. The maximum absolute atomic E-state index is 8.07. The lowest BCUT2D eigenvalue weighted by atomic mass is 10.3. The molecule has 1 aliphatic heterocycles. The number of H-pyrrole nitrogens is 1. The fourth-order valence-corrected chi connectivity index (χ4v) is 2.36. The number of anilines is 1. The Labute approximate surface area is 115 Å². The molecule has 3 rings (SSSR count). The minimum absolute atomic E-state index is 0.307. The normalized spacial score (nSPS) is 17.1. The molecule has 0 aliphatic carbocycles. The van der Waals surface area contributed by atoms with Gasteiger partial charge in [-0.3, -0.25) is 5.41 Å². The number of hydrogen-bond acceptors (Lipinski definition) is 5. The van der Waals surface area contributed by atoms with Crippen LogP contribution in [-0.4, -0.2) is 53.1 Å². The molecule has 0 unspecified atom stereocenters. The van der Waals surface area contributed by atoms with Gasteiger partial charge in [-0.25, -0.2) is 9.97 Å². The summed E-state index contributed by atoms with van der Waals surface area (Å²) < 4.78 is 0. The van der Waals surface area contributed by atoms with Crippen LogP contribution in [0.5, 0.6) is 0 Å². The lowest BCUT2D eigenvalue weighted by molar-refractivity contribution is 0.311. The summed E-state index contributed by atoms with van der Waals surface area (Å²) in [5.74, 6) is 0.662. The third-order valence-electron chi connectivity index (χ3n) is 3.33. The number of rotatable bonds is 1. The fourth-order valence-electron chi connectivity index (χ4n) is 2.21. The van der Waals surface area contributed by atoms with Crippen molar-refractivity contribution in [3.8, 4) is 0 Å². The Kier molecular flexibility index (Phi) is 3.12. The molecule has 0 bridgehead atoms. The summed E-state index contributed by atoms with van der Waals surface area (Å²) in [4.78, 5) is 16.1. The lowest BCUT2D eigenvalue weighted by Crippen LogP contribution is -2.46. The number of nitrogens with one attached hydrogen (secondary N) is 2. The quantitative estimate of drug-likeness (QED) is 0.811. The summed E-state index contributed by atoms with van der Waals surface area (Å²) in [6, 6.07) is 1.74. The SMILES string of the molecule is CN1CCN(c2nc3ncc(Cl)cc3[nH]c2=N)CC1. The zero-order chi connectivity index (χ0) is 13.4. The molecule has 19 heavy (non-hydrogen) atoms. The van der Waals surface area contributed by atoms with Crippen LogP contribution >= 0.6 is 11.6 Å². The van der Waals surface area contributed by atoms with E-state index in [2.05, 4.69) is 31.8 Å². The van der Waals surface area contributed by atoms with Gasteiger partial charge in [0.2, 0.25) is 0 Å². The number of halogens is 1. The molecule has 0 saturated carbocycles. The Hall–Kier alpha value is -1.66. The summed E-state index contributed by atoms with van der Waals surface area (Å²) in [5, 5.41) is 8.60. The zero-order valence-electron chi connectivity index (χ0n) is 10.6. The van der Waals surface area contributed by atoms with Crippen LogP contribution in [0.25, 0.3) is 11.2 Å². The van der Waals surface area contributed by atoms with Crippen LogP contribution in [-0.2, 0) is 0 Å². The molecule has 1 aliphatic rings. The van der Waals surface area contributed by atoms with Crippen molar-refractivity contribution in [1.82, 2.24) is 19.9 Å². The Morgan fingerprint density at radius 2 is 2.05 bits per heavy atom. The van der Waals surface area contributed by atoms with E-state index < -0.39 is 0 Å². The third kappa shape index (κ3) is 2.41. The van der Waals surface area contributed by atoms with E-state index in [1.165, 1.54) is 0 Å². The van der Waals surface area contributed by atoms with Gasteiger partial charge in [-0.1, -0.05) is 11.6 Å². The molecule has 2 N–H and O–H groups in total. The molecule has 1 fully saturated rings. The van der Waals surface area contributed by atoms with E-state index in [0.29, 0.717) is 27.5 Å². The molecular formula is C12H15ClN6. The molecule has 2 aromatic heterocycles. The Bertz CT molecular complexity index is 659. The van der Waals surface area contributed by atoms with Gasteiger partial charge in [0.05, 0.1) is 10.5 Å². The molecule has 0 radical (unpaired) electrons. The second kappa shape index (κ2) is 4.79. The van der Waals surface area contributed by atoms with E-state index in [-0.39, 0.29) is 0 Å². The Balaban J connectivity index is 2.02. The van der Waals surface area contributed by atoms with Gasteiger partial charge in [-0.2, -0.15) is 0 Å². The standard InChI is InChI=1S/C12H15ClN6/c1-18-2-4-19(5-3-18)12-10(14)16-9-6-8(13)7-15-11(9)17-12/h6-7H,2-5H2,1H3,(H2,14,16). The lowest BCUT2D eigenvalue weighted by Gasteiger charge is -2.32. The minimum atomic E-state index is 0.307. The van der Waals surface area contributed by atoms with E-state index in [1.54, 1.807) is 12.3 Å². The molecule has 3 heterocycles. The van der Waals surface area contributed by atoms with E-state index in [9.17, 15) is 0 Å². The Morgan fingerprint density at radius 3 is 2.79 bits per heavy atom. The first-order valence-corrected chi connectivity index (χ1v) is 6.55. The predicted octanol–water partition coefficient (Wildman–Crippen LogP) is 0.843. The topological polar surface area (TPSA) is 71.9 Å². The maximum atomic E-state index is 8.07. The zero-order valence-corrected chi connectivity index (χ0v) is 11.4. The molecule has 7 heteroatoms. The van der Waals surface area contributed by atoms with Crippen LogP contribution in [0.15, 0.2) is 12.3 Å². The van der Waals surface area contributed by atoms with Crippen molar-refractivity contribution >= 4 is 28.6 Å². The number of aromatic nitrogens is 3. The highest BCUT2D eigenvalue weighted by Gasteiger charge is 2.17. The van der Waals surface area contributed by atoms with Crippen LogP contribution in [0.3, 0.4) is 0 Å². The van der Waals surface area contributed by atoms with Crippen molar-refractivity contribution in [2.24, 2.45) is 0 Å². The van der Waals surface area contributed by atoms with Gasteiger partial charge >= 0.3 is 0 Å². The Morgan fingerprint density at radius 1 is 1.32 bits per heavy atom. The van der Waals surface area contributed by atoms with Gasteiger partial charge in [0.25, 0.3) is 0 Å². The summed E-state index contributed by atoms with van der Waals surface area (Å²) >= 11 is 5.89. The molecule has 0 atom stereocenters. The van der Waals surface area contributed by atoms with Crippen LogP contribution in [0.4, 0.5) is 5.82 Å².